The van der Waals surface area contributed by atoms with Gasteiger partial charge in [0.2, 0.25) is 0 Å². The van der Waals surface area contributed by atoms with Crippen LogP contribution in [0.4, 0.5) is 0 Å². The van der Waals surface area contributed by atoms with Gasteiger partial charge in [-0.3, -0.25) is 0 Å². The highest BCUT2D eigenvalue weighted by Gasteiger charge is 2.13. The molecule has 0 fully saturated rings. The summed E-state index contributed by atoms with van der Waals surface area (Å²) in [5.74, 6) is 0. The van der Waals surface area contributed by atoms with Crippen LogP contribution in [0.3, 0.4) is 0 Å². The van der Waals surface area contributed by atoms with Crippen LogP contribution in [-0.2, 0) is 13.1 Å². The Bertz CT molecular complexity index is 1830. The highest BCUT2D eigenvalue weighted by molar-refractivity contribution is 5.84. The Kier molecular flexibility index (Phi) is 9.01. The first-order valence-corrected chi connectivity index (χ1v) is 15.6. The topological polar surface area (TPSA) is 29.3 Å². The molecule has 1 aliphatic carbocycles. The van der Waals surface area contributed by atoms with Gasteiger partial charge in [0, 0.05) is 25.8 Å². The number of hydrogen-bond donors (Lipinski definition) is 1. The van der Waals surface area contributed by atoms with Crippen LogP contribution in [0.2, 0.25) is 0 Å². The Morgan fingerprint density at radius 2 is 1.25 bits per heavy atom. The van der Waals surface area contributed by atoms with Crippen LogP contribution in [-0.4, -0.2) is 11.9 Å². The summed E-state index contributed by atoms with van der Waals surface area (Å²) in [6.45, 7) is 3.39. The lowest BCUT2D eigenvalue weighted by molar-refractivity contribution is 0.472. The molecule has 0 atom stereocenters. The minimum absolute atomic E-state index is 0.513. The molecule has 0 bridgehead atoms. The van der Waals surface area contributed by atoms with Crippen LogP contribution in [0.25, 0.3) is 44.7 Å². The van der Waals surface area contributed by atoms with E-state index >= 15 is 0 Å². The highest BCUT2D eigenvalue weighted by atomic mass is 15.1. The fourth-order valence-electron chi connectivity index (χ4n) is 6.17. The minimum Gasteiger partial charge on any atom is -0.370 e. The van der Waals surface area contributed by atoms with E-state index in [1.54, 1.807) is 0 Å². The van der Waals surface area contributed by atoms with E-state index in [1.807, 2.05) is 0 Å². The molecule has 0 saturated heterocycles. The first-order chi connectivity index (χ1) is 21.6. The van der Waals surface area contributed by atoms with Gasteiger partial charge in [0.1, 0.15) is 0 Å². The molecule has 218 valence electrons. The third kappa shape index (κ3) is 6.51. The Balaban J connectivity index is 1.36. The van der Waals surface area contributed by atoms with Crippen molar-refractivity contribution in [3.8, 4) is 33.4 Å². The maximum Gasteiger partial charge on any atom is 0.0429 e. The zero-order valence-electron chi connectivity index (χ0n) is 25.7. The molecule has 2 nitrogen and oxygen atoms in total. The van der Waals surface area contributed by atoms with Gasteiger partial charge in [0.25, 0.3) is 0 Å². The number of nitrogens with zero attached hydrogens (tertiary/aromatic N) is 1. The average Bonchev–Trinajstić information content (AvgIpc) is 3.09. The zero-order chi connectivity index (χ0) is 30.3. The Morgan fingerprint density at radius 1 is 0.636 bits per heavy atom. The fraction of sp³-hybridized carbons (Fsp3) is 0.143. The van der Waals surface area contributed by atoms with Crippen LogP contribution in [0, 0.1) is 0 Å². The van der Waals surface area contributed by atoms with E-state index in [0.717, 1.165) is 19.4 Å². The molecule has 0 aliphatic heterocycles. The second-order valence-electron chi connectivity index (χ2n) is 11.5. The van der Waals surface area contributed by atoms with Crippen molar-refractivity contribution in [2.24, 2.45) is 5.73 Å². The van der Waals surface area contributed by atoms with Gasteiger partial charge >= 0.3 is 0 Å². The fourth-order valence-corrected chi connectivity index (χ4v) is 6.17. The van der Waals surface area contributed by atoms with Gasteiger partial charge in [-0.15, -0.1) is 0 Å². The summed E-state index contributed by atoms with van der Waals surface area (Å²) in [6, 6.07) is 43.9. The predicted octanol–water partition coefficient (Wildman–Crippen LogP) is 10.4. The van der Waals surface area contributed by atoms with E-state index in [2.05, 4.69) is 165 Å². The quantitative estimate of drug-likeness (QED) is 0.190. The summed E-state index contributed by atoms with van der Waals surface area (Å²) in [7, 11) is 2.16. The lowest BCUT2D eigenvalue weighted by Crippen LogP contribution is -2.18. The van der Waals surface area contributed by atoms with Gasteiger partial charge in [-0.05, 0) is 111 Å². The van der Waals surface area contributed by atoms with Crippen LogP contribution >= 0.6 is 0 Å². The lowest BCUT2D eigenvalue weighted by Gasteiger charge is -2.25. The first kappa shape index (κ1) is 29.2. The summed E-state index contributed by atoms with van der Waals surface area (Å²) in [5, 5.41) is 0. The van der Waals surface area contributed by atoms with Crippen molar-refractivity contribution < 1.29 is 0 Å². The molecule has 6 rings (SSSR count). The number of rotatable bonds is 9. The van der Waals surface area contributed by atoms with Crippen molar-refractivity contribution in [1.29, 1.82) is 0 Å². The maximum absolute atomic E-state index is 6.23. The SMILES string of the molecule is C/C=C(\c1ccccc1)N(C)Cc1cc(-c2cccc(-c3cc(C4=CCCC=C4)cc(-c4ccccc4)c3)c2)ccc1CN. The molecule has 0 aromatic heterocycles. The van der Waals surface area contributed by atoms with Crippen LogP contribution < -0.4 is 5.73 Å². The smallest absolute Gasteiger partial charge is 0.0429 e. The summed E-state index contributed by atoms with van der Waals surface area (Å²) in [4.78, 5) is 2.31. The molecule has 1 aliphatic rings. The zero-order valence-corrected chi connectivity index (χ0v) is 25.7. The van der Waals surface area contributed by atoms with Crippen LogP contribution in [0.15, 0.2) is 146 Å². The number of hydrogen-bond acceptors (Lipinski definition) is 2. The highest BCUT2D eigenvalue weighted by Crippen LogP contribution is 2.35. The second-order valence-corrected chi connectivity index (χ2v) is 11.5. The lowest BCUT2D eigenvalue weighted by atomic mass is 9.90. The number of allylic oxidation sites excluding steroid dienone is 5. The molecule has 5 aromatic carbocycles. The minimum atomic E-state index is 0.513. The monoisotopic (exact) mass is 572 g/mol. The molecular weight excluding hydrogens is 532 g/mol. The van der Waals surface area contributed by atoms with E-state index in [0.29, 0.717) is 6.54 Å². The molecule has 0 amide bonds. The van der Waals surface area contributed by atoms with Crippen LogP contribution in [0.5, 0.6) is 0 Å². The first-order valence-electron chi connectivity index (χ1n) is 15.6. The van der Waals surface area contributed by atoms with Crippen molar-refractivity contribution >= 4 is 11.3 Å². The van der Waals surface area contributed by atoms with Crippen LogP contribution in [0.1, 0.15) is 42.0 Å². The van der Waals surface area contributed by atoms with E-state index in [4.69, 9.17) is 5.73 Å². The van der Waals surface area contributed by atoms with Gasteiger partial charge < -0.3 is 10.6 Å². The Morgan fingerprint density at radius 3 is 1.93 bits per heavy atom. The third-order valence-electron chi connectivity index (χ3n) is 8.49. The van der Waals surface area contributed by atoms with Gasteiger partial charge in [-0.2, -0.15) is 0 Å². The maximum atomic E-state index is 6.23. The van der Waals surface area contributed by atoms with Crippen molar-refractivity contribution in [2.45, 2.75) is 32.9 Å². The van der Waals surface area contributed by atoms with Crippen molar-refractivity contribution in [3.63, 3.8) is 0 Å². The van der Waals surface area contributed by atoms with Gasteiger partial charge in [-0.1, -0.05) is 115 Å². The summed E-state index contributed by atoms with van der Waals surface area (Å²) < 4.78 is 0. The molecule has 2 heteroatoms. The van der Waals surface area contributed by atoms with E-state index in [1.165, 1.54) is 66.9 Å². The molecule has 5 aromatic rings. The molecule has 44 heavy (non-hydrogen) atoms. The van der Waals surface area contributed by atoms with Crippen molar-refractivity contribution in [2.75, 3.05) is 7.05 Å². The molecular formula is C42H40N2. The standard InChI is InChI=1S/C42H40N2/c1-3-42(33-18-11-6-12-19-33)44(2)30-41-25-36(22-23-37(41)29-43)34-20-13-21-35(24-34)40-27-38(31-14-7-4-8-15-31)26-39(28-40)32-16-9-5-10-17-32/h3-4,6-9,11-28H,5,10,29-30,43H2,1-2H3/b42-3+. The number of nitrogens with two attached hydrogens (primary N) is 1. The predicted molar refractivity (Wildman–Crippen MR) is 189 cm³/mol. The average molecular weight is 573 g/mol. The molecule has 0 heterocycles. The Hall–Kier alpha value is -4.92. The van der Waals surface area contributed by atoms with E-state index in [9.17, 15) is 0 Å². The largest absolute Gasteiger partial charge is 0.370 e. The van der Waals surface area contributed by atoms with Gasteiger partial charge in [-0.25, -0.2) is 0 Å². The van der Waals surface area contributed by atoms with E-state index in [-0.39, 0.29) is 0 Å². The summed E-state index contributed by atoms with van der Waals surface area (Å²) >= 11 is 0. The van der Waals surface area contributed by atoms with E-state index < -0.39 is 0 Å². The van der Waals surface area contributed by atoms with Crippen molar-refractivity contribution in [3.05, 3.63) is 168 Å². The summed E-state index contributed by atoms with van der Waals surface area (Å²) in [5.41, 5.74) is 20.9. The van der Waals surface area contributed by atoms with Gasteiger partial charge in [0.15, 0.2) is 0 Å². The number of benzene rings is 5. The molecule has 0 saturated carbocycles. The Labute approximate surface area is 262 Å². The second kappa shape index (κ2) is 13.6. The molecule has 0 spiro atoms. The normalized spacial score (nSPS) is 13.1. The summed E-state index contributed by atoms with van der Waals surface area (Å²) in [6.07, 6.45) is 11.3. The molecule has 2 N–H and O–H groups in total. The third-order valence-corrected chi connectivity index (χ3v) is 8.49. The van der Waals surface area contributed by atoms with Gasteiger partial charge in [0.05, 0.1) is 0 Å². The molecule has 0 radical (unpaired) electrons. The molecule has 0 unspecified atom stereocenters. The van der Waals surface area contributed by atoms with Crippen molar-refractivity contribution in [1.82, 2.24) is 4.90 Å².